The van der Waals surface area contributed by atoms with E-state index in [1.165, 1.54) is 0 Å². The van der Waals surface area contributed by atoms with Crippen LogP contribution in [0.25, 0.3) is 0 Å². The molecule has 1 fully saturated rings. The Morgan fingerprint density at radius 3 is 2.54 bits per heavy atom. The second kappa shape index (κ2) is 7.62. The predicted octanol–water partition coefficient (Wildman–Crippen LogP) is 3.45. The number of benzene rings is 1. The Kier molecular flexibility index (Phi) is 5.78. The van der Waals surface area contributed by atoms with Crippen LogP contribution in [0.2, 0.25) is 0 Å². The molecule has 24 heavy (non-hydrogen) atoms. The molecule has 0 unspecified atom stereocenters. The van der Waals surface area contributed by atoms with Crippen LogP contribution in [0.3, 0.4) is 0 Å². The molecule has 0 radical (unpaired) electrons. The van der Waals surface area contributed by atoms with Crippen LogP contribution >= 0.6 is 0 Å². The summed E-state index contributed by atoms with van der Waals surface area (Å²) in [5.41, 5.74) is 1.57. The van der Waals surface area contributed by atoms with Crippen molar-refractivity contribution in [2.75, 3.05) is 0 Å². The minimum absolute atomic E-state index is 0.387. The molecule has 2 rings (SSSR count). The number of carbonyl (C=O) groups excluding carboxylic acids is 2. The number of imide groups is 1. The molecule has 1 aromatic rings. The van der Waals surface area contributed by atoms with E-state index in [-0.39, 0.29) is 5.91 Å². The van der Waals surface area contributed by atoms with Gasteiger partial charge in [0.15, 0.2) is 0 Å². The number of hydrogen-bond donors (Lipinski definition) is 1. The summed E-state index contributed by atoms with van der Waals surface area (Å²) in [5.74, 6) is -1.05. The molecule has 1 aliphatic rings. The van der Waals surface area contributed by atoms with Crippen molar-refractivity contribution in [3.8, 4) is 0 Å². The van der Waals surface area contributed by atoms with Gasteiger partial charge in [0.25, 0.3) is 0 Å². The molecule has 1 N–H and O–H groups in total. The van der Waals surface area contributed by atoms with E-state index in [1.807, 2.05) is 44.2 Å². The summed E-state index contributed by atoms with van der Waals surface area (Å²) in [5, 5.41) is 10.4. The Morgan fingerprint density at radius 2 is 2.00 bits per heavy atom. The summed E-state index contributed by atoms with van der Waals surface area (Å²) in [6.45, 7) is 7.21. The number of ether oxygens (including phenoxy) is 1. The van der Waals surface area contributed by atoms with Crippen molar-refractivity contribution in [2.45, 2.75) is 52.4 Å². The van der Waals surface area contributed by atoms with Crippen molar-refractivity contribution in [1.29, 1.82) is 0 Å². The molecule has 1 saturated heterocycles. The Labute approximate surface area is 142 Å². The molecule has 130 valence electrons. The van der Waals surface area contributed by atoms with Gasteiger partial charge in [-0.25, -0.2) is 9.69 Å². The third kappa shape index (κ3) is 3.36. The van der Waals surface area contributed by atoms with Gasteiger partial charge in [0, 0.05) is 0 Å². The summed E-state index contributed by atoms with van der Waals surface area (Å²) < 4.78 is 5.42. The largest absolute Gasteiger partial charge is 0.439 e. The van der Waals surface area contributed by atoms with Crippen LogP contribution in [0.4, 0.5) is 4.79 Å². The first-order valence-electron chi connectivity index (χ1n) is 8.31. The van der Waals surface area contributed by atoms with Gasteiger partial charge in [0.05, 0.1) is 18.1 Å². The monoisotopic (exact) mass is 331 g/mol. The van der Waals surface area contributed by atoms with E-state index in [1.54, 1.807) is 19.9 Å². The van der Waals surface area contributed by atoms with Gasteiger partial charge in [-0.3, -0.25) is 4.79 Å². The van der Waals surface area contributed by atoms with Crippen LogP contribution in [0.1, 0.15) is 45.8 Å². The van der Waals surface area contributed by atoms with Crippen LogP contribution in [-0.4, -0.2) is 34.2 Å². The lowest BCUT2D eigenvalue weighted by Crippen LogP contribution is -2.45. The highest BCUT2D eigenvalue weighted by Gasteiger charge is 2.46. The third-order valence-electron chi connectivity index (χ3n) is 4.70. The molecule has 0 bridgehead atoms. The predicted molar refractivity (Wildman–Crippen MR) is 91.2 cm³/mol. The molecule has 0 aromatic heterocycles. The average molecular weight is 331 g/mol. The topological polar surface area (TPSA) is 66.8 Å². The maximum absolute atomic E-state index is 12.9. The minimum Gasteiger partial charge on any atom is -0.439 e. The number of aliphatic hydroxyl groups excluding tert-OH is 1. The quantitative estimate of drug-likeness (QED) is 0.839. The highest BCUT2D eigenvalue weighted by molar-refractivity contribution is 5.95. The van der Waals surface area contributed by atoms with E-state index in [9.17, 15) is 14.7 Å². The molecule has 5 heteroatoms. The molecule has 0 saturated carbocycles. The van der Waals surface area contributed by atoms with Crippen molar-refractivity contribution in [2.24, 2.45) is 5.92 Å². The van der Waals surface area contributed by atoms with Gasteiger partial charge in [0.2, 0.25) is 5.91 Å². The standard InChI is InChI=1S/C19H25NO4/c1-5-12(3)16(21)15(6-2)18(22)20-13(4)17(24-19(20)23)14-10-8-7-9-11-14/h5,7-11,13,15-17,21H,6H2,1-4H3/b12-5+/t13-,15-,16+,17-/m1/s1. The summed E-state index contributed by atoms with van der Waals surface area (Å²) in [4.78, 5) is 26.3. The van der Waals surface area contributed by atoms with Crippen molar-refractivity contribution >= 4 is 12.0 Å². The van der Waals surface area contributed by atoms with Gasteiger partial charge in [-0.1, -0.05) is 43.3 Å². The second-order valence-electron chi connectivity index (χ2n) is 6.16. The number of nitrogens with zero attached hydrogens (tertiary/aromatic N) is 1. The number of hydrogen-bond acceptors (Lipinski definition) is 4. The number of rotatable bonds is 5. The molecule has 0 spiro atoms. The van der Waals surface area contributed by atoms with Gasteiger partial charge in [-0.05, 0) is 38.3 Å². The van der Waals surface area contributed by atoms with E-state index in [0.29, 0.717) is 6.42 Å². The van der Waals surface area contributed by atoms with E-state index in [4.69, 9.17) is 4.74 Å². The lowest BCUT2D eigenvalue weighted by molar-refractivity contribution is -0.136. The molecule has 0 aliphatic carbocycles. The first-order valence-corrected chi connectivity index (χ1v) is 8.31. The van der Waals surface area contributed by atoms with Crippen molar-refractivity contribution in [3.63, 3.8) is 0 Å². The van der Waals surface area contributed by atoms with E-state index in [2.05, 4.69) is 0 Å². The number of cyclic esters (lactones) is 1. The number of allylic oxidation sites excluding steroid dienone is 1. The maximum Gasteiger partial charge on any atom is 0.417 e. The molecule has 1 heterocycles. The van der Waals surface area contributed by atoms with Crippen LogP contribution < -0.4 is 0 Å². The highest BCUT2D eigenvalue weighted by Crippen LogP contribution is 2.34. The maximum atomic E-state index is 12.9. The van der Waals surface area contributed by atoms with Gasteiger partial charge < -0.3 is 9.84 Å². The minimum atomic E-state index is -0.900. The zero-order valence-electron chi connectivity index (χ0n) is 14.6. The number of amides is 2. The van der Waals surface area contributed by atoms with Gasteiger partial charge in [-0.2, -0.15) is 0 Å². The fourth-order valence-corrected chi connectivity index (χ4v) is 3.05. The highest BCUT2D eigenvalue weighted by atomic mass is 16.6. The summed E-state index contributed by atoms with van der Waals surface area (Å²) in [6, 6.07) is 8.95. The van der Waals surface area contributed by atoms with Crippen LogP contribution in [0.15, 0.2) is 42.0 Å². The Bertz CT molecular complexity index is 626. The molecule has 1 aromatic carbocycles. The summed E-state index contributed by atoms with van der Waals surface area (Å²) in [6.07, 6.45) is 0.185. The summed E-state index contributed by atoms with van der Waals surface area (Å²) in [7, 11) is 0. The fourth-order valence-electron chi connectivity index (χ4n) is 3.05. The molecule has 5 nitrogen and oxygen atoms in total. The molecule has 4 atom stereocenters. The number of aliphatic hydroxyl groups is 1. The zero-order valence-corrected chi connectivity index (χ0v) is 14.6. The van der Waals surface area contributed by atoms with Gasteiger partial charge >= 0.3 is 6.09 Å². The molecular weight excluding hydrogens is 306 g/mol. The first kappa shape index (κ1) is 18.2. The third-order valence-corrected chi connectivity index (χ3v) is 4.70. The average Bonchev–Trinajstić information content (AvgIpc) is 2.89. The van der Waals surface area contributed by atoms with Crippen molar-refractivity contribution in [1.82, 2.24) is 4.90 Å². The smallest absolute Gasteiger partial charge is 0.417 e. The number of carbonyl (C=O) groups is 2. The van der Waals surface area contributed by atoms with E-state index >= 15 is 0 Å². The zero-order chi connectivity index (χ0) is 17.9. The Hall–Kier alpha value is -2.14. The molecule has 1 aliphatic heterocycles. The molecular formula is C19H25NO4. The van der Waals surface area contributed by atoms with Crippen molar-refractivity contribution < 1.29 is 19.4 Å². The molecule has 2 amide bonds. The fraction of sp³-hybridized carbons (Fsp3) is 0.474. The van der Waals surface area contributed by atoms with Crippen LogP contribution in [0.5, 0.6) is 0 Å². The van der Waals surface area contributed by atoms with Crippen LogP contribution in [-0.2, 0) is 9.53 Å². The first-order chi connectivity index (χ1) is 11.4. The van der Waals surface area contributed by atoms with E-state index in [0.717, 1.165) is 16.0 Å². The van der Waals surface area contributed by atoms with Crippen LogP contribution in [0, 0.1) is 5.92 Å². The Morgan fingerprint density at radius 1 is 1.38 bits per heavy atom. The SMILES string of the molecule is C/C=C(\C)[C@H](O)[C@@H](CC)C(=O)N1C(=O)O[C@@H](c2ccccc2)[C@H]1C. The summed E-state index contributed by atoms with van der Waals surface area (Å²) >= 11 is 0. The lowest BCUT2D eigenvalue weighted by Gasteiger charge is -2.27. The van der Waals surface area contributed by atoms with Crippen molar-refractivity contribution in [3.05, 3.63) is 47.5 Å². The van der Waals surface area contributed by atoms with E-state index < -0.39 is 30.3 Å². The van der Waals surface area contributed by atoms with Gasteiger partial charge in [0.1, 0.15) is 6.10 Å². The Balaban J connectivity index is 2.24. The van der Waals surface area contributed by atoms with Gasteiger partial charge in [-0.15, -0.1) is 0 Å². The second-order valence-corrected chi connectivity index (χ2v) is 6.16. The lowest BCUT2D eigenvalue weighted by atomic mass is 9.92. The normalized spacial score (nSPS) is 23.8.